The molecule has 1 heterocycles. The Labute approximate surface area is 78.1 Å². The summed E-state index contributed by atoms with van der Waals surface area (Å²) in [6.07, 6.45) is 4.11. The summed E-state index contributed by atoms with van der Waals surface area (Å²) in [5.41, 5.74) is 5.54. The fraction of sp³-hybridized carbons (Fsp3) is 0.556. The lowest BCUT2D eigenvalue weighted by atomic mass is 10.1. The van der Waals surface area contributed by atoms with Crippen molar-refractivity contribution in [2.45, 2.75) is 20.3 Å². The number of hydrogen-bond acceptors (Lipinski definition) is 4. The Kier molecular flexibility index (Phi) is 3.49. The Balaban J connectivity index is 2.41. The molecule has 0 amide bonds. The molecule has 0 radical (unpaired) electrons. The number of nitrogen functional groups attached to an aromatic ring is 1. The van der Waals surface area contributed by atoms with E-state index in [0.717, 1.165) is 6.42 Å². The van der Waals surface area contributed by atoms with E-state index in [4.69, 9.17) is 10.5 Å². The van der Waals surface area contributed by atoms with E-state index in [1.807, 2.05) is 0 Å². The largest absolute Gasteiger partial charge is 0.475 e. The average Bonchev–Trinajstić information content (AvgIpc) is 2.08. The molecule has 1 rings (SSSR count). The molecular weight excluding hydrogens is 166 g/mol. The summed E-state index contributed by atoms with van der Waals surface area (Å²) >= 11 is 0. The van der Waals surface area contributed by atoms with Crippen molar-refractivity contribution in [3.05, 3.63) is 12.4 Å². The quantitative estimate of drug-likeness (QED) is 0.764. The molecule has 0 unspecified atom stereocenters. The number of nitrogens with zero attached hydrogens (tertiary/aromatic N) is 2. The highest BCUT2D eigenvalue weighted by molar-refractivity contribution is 5.38. The van der Waals surface area contributed by atoms with Gasteiger partial charge in [0.1, 0.15) is 0 Å². The molecule has 0 aliphatic rings. The molecule has 1 aromatic heterocycles. The van der Waals surface area contributed by atoms with Crippen molar-refractivity contribution in [2.24, 2.45) is 5.92 Å². The molecule has 0 aliphatic carbocycles. The van der Waals surface area contributed by atoms with E-state index in [9.17, 15) is 0 Å². The fourth-order valence-electron chi connectivity index (χ4n) is 0.839. The molecule has 0 bridgehead atoms. The highest BCUT2D eigenvalue weighted by Gasteiger charge is 2.01. The maximum absolute atomic E-state index is 5.54. The molecule has 2 N–H and O–H groups in total. The zero-order valence-electron chi connectivity index (χ0n) is 8.03. The Bertz CT molecular complexity index is 263. The van der Waals surface area contributed by atoms with Crippen LogP contribution in [0.5, 0.6) is 5.88 Å². The van der Waals surface area contributed by atoms with E-state index in [2.05, 4.69) is 23.8 Å². The Morgan fingerprint density at radius 1 is 1.38 bits per heavy atom. The lowest BCUT2D eigenvalue weighted by Gasteiger charge is -2.07. The zero-order valence-corrected chi connectivity index (χ0v) is 8.03. The number of rotatable bonds is 4. The summed E-state index contributed by atoms with van der Waals surface area (Å²) in [6.45, 7) is 4.92. The Morgan fingerprint density at radius 2 is 2.08 bits per heavy atom. The van der Waals surface area contributed by atoms with Gasteiger partial charge < -0.3 is 10.5 Å². The number of aromatic nitrogens is 2. The molecule has 0 saturated heterocycles. The molecule has 4 nitrogen and oxygen atoms in total. The Hall–Kier alpha value is -1.32. The molecule has 0 saturated carbocycles. The predicted octanol–water partition coefficient (Wildman–Crippen LogP) is 1.48. The summed E-state index contributed by atoms with van der Waals surface area (Å²) in [7, 11) is 0. The molecule has 0 spiro atoms. The minimum atomic E-state index is 0.353. The first-order valence-corrected chi connectivity index (χ1v) is 4.39. The SMILES string of the molecule is CC(C)CCOc1nccnc1N. The van der Waals surface area contributed by atoms with E-state index in [1.54, 1.807) is 12.4 Å². The summed E-state index contributed by atoms with van der Waals surface area (Å²) in [6, 6.07) is 0. The van der Waals surface area contributed by atoms with Crippen molar-refractivity contribution in [1.29, 1.82) is 0 Å². The first-order valence-electron chi connectivity index (χ1n) is 4.39. The van der Waals surface area contributed by atoms with Crippen molar-refractivity contribution in [3.8, 4) is 5.88 Å². The number of nitrogens with two attached hydrogens (primary N) is 1. The first kappa shape index (κ1) is 9.77. The highest BCUT2D eigenvalue weighted by atomic mass is 16.5. The fourth-order valence-corrected chi connectivity index (χ4v) is 0.839. The zero-order chi connectivity index (χ0) is 9.68. The van der Waals surface area contributed by atoms with Crippen LogP contribution in [0.15, 0.2) is 12.4 Å². The third-order valence-corrected chi connectivity index (χ3v) is 1.63. The molecule has 0 aromatic carbocycles. The molecule has 13 heavy (non-hydrogen) atoms. The number of anilines is 1. The molecule has 1 aromatic rings. The van der Waals surface area contributed by atoms with Crippen LogP contribution in [0.1, 0.15) is 20.3 Å². The van der Waals surface area contributed by atoms with Crippen LogP contribution in [0, 0.1) is 5.92 Å². The van der Waals surface area contributed by atoms with Crippen LogP contribution in [-0.2, 0) is 0 Å². The number of hydrogen-bond donors (Lipinski definition) is 1. The standard InChI is InChI=1S/C9H15N3O/c1-7(2)3-6-13-9-8(10)11-4-5-12-9/h4-5,7H,3,6H2,1-2H3,(H2,10,11). The van der Waals surface area contributed by atoms with Crippen LogP contribution in [0.4, 0.5) is 5.82 Å². The molecule has 4 heteroatoms. The smallest absolute Gasteiger partial charge is 0.257 e. The highest BCUT2D eigenvalue weighted by Crippen LogP contribution is 2.13. The van der Waals surface area contributed by atoms with Crippen LogP contribution in [0.3, 0.4) is 0 Å². The lowest BCUT2D eigenvalue weighted by molar-refractivity contribution is 0.280. The Morgan fingerprint density at radius 3 is 2.69 bits per heavy atom. The van der Waals surface area contributed by atoms with Gasteiger partial charge in [-0.15, -0.1) is 0 Å². The van der Waals surface area contributed by atoms with Gasteiger partial charge in [-0.25, -0.2) is 9.97 Å². The van der Waals surface area contributed by atoms with Gasteiger partial charge in [0, 0.05) is 12.4 Å². The second-order valence-corrected chi connectivity index (χ2v) is 3.28. The maximum Gasteiger partial charge on any atom is 0.257 e. The van der Waals surface area contributed by atoms with Gasteiger partial charge in [-0.3, -0.25) is 0 Å². The van der Waals surface area contributed by atoms with E-state index < -0.39 is 0 Å². The van der Waals surface area contributed by atoms with Gasteiger partial charge in [-0.2, -0.15) is 0 Å². The second kappa shape index (κ2) is 4.64. The predicted molar refractivity (Wildman–Crippen MR) is 51.4 cm³/mol. The first-order chi connectivity index (χ1) is 6.20. The van der Waals surface area contributed by atoms with Crippen molar-refractivity contribution in [2.75, 3.05) is 12.3 Å². The monoisotopic (exact) mass is 181 g/mol. The van der Waals surface area contributed by atoms with Gasteiger partial charge >= 0.3 is 0 Å². The third kappa shape index (κ3) is 3.27. The summed E-state index contributed by atoms with van der Waals surface area (Å²) in [4.78, 5) is 7.83. The third-order valence-electron chi connectivity index (χ3n) is 1.63. The number of ether oxygens (including phenoxy) is 1. The van der Waals surface area contributed by atoms with Gasteiger partial charge in [0.2, 0.25) is 0 Å². The van der Waals surface area contributed by atoms with E-state index >= 15 is 0 Å². The van der Waals surface area contributed by atoms with Gasteiger partial charge in [0.05, 0.1) is 6.61 Å². The average molecular weight is 181 g/mol. The van der Waals surface area contributed by atoms with E-state index in [-0.39, 0.29) is 0 Å². The summed E-state index contributed by atoms with van der Waals surface area (Å²) in [5.74, 6) is 1.41. The summed E-state index contributed by atoms with van der Waals surface area (Å²) in [5, 5.41) is 0. The van der Waals surface area contributed by atoms with Gasteiger partial charge in [-0.1, -0.05) is 13.8 Å². The van der Waals surface area contributed by atoms with Crippen LogP contribution in [0.25, 0.3) is 0 Å². The topological polar surface area (TPSA) is 61.0 Å². The van der Waals surface area contributed by atoms with Gasteiger partial charge in [0.15, 0.2) is 5.82 Å². The van der Waals surface area contributed by atoms with Crippen LogP contribution in [-0.4, -0.2) is 16.6 Å². The maximum atomic E-state index is 5.54. The van der Waals surface area contributed by atoms with Crippen LogP contribution in [0.2, 0.25) is 0 Å². The van der Waals surface area contributed by atoms with Crippen molar-refractivity contribution in [3.63, 3.8) is 0 Å². The minimum absolute atomic E-state index is 0.353. The minimum Gasteiger partial charge on any atom is -0.475 e. The van der Waals surface area contributed by atoms with Crippen LogP contribution < -0.4 is 10.5 Å². The molecule has 0 fully saturated rings. The second-order valence-electron chi connectivity index (χ2n) is 3.28. The van der Waals surface area contributed by atoms with E-state index in [0.29, 0.717) is 24.2 Å². The van der Waals surface area contributed by atoms with Crippen molar-refractivity contribution < 1.29 is 4.74 Å². The van der Waals surface area contributed by atoms with Crippen LogP contribution >= 0.6 is 0 Å². The molecule has 72 valence electrons. The van der Waals surface area contributed by atoms with E-state index in [1.165, 1.54) is 0 Å². The van der Waals surface area contributed by atoms with Crippen molar-refractivity contribution in [1.82, 2.24) is 9.97 Å². The molecule has 0 aliphatic heterocycles. The summed E-state index contributed by atoms with van der Waals surface area (Å²) < 4.78 is 5.35. The van der Waals surface area contributed by atoms with Gasteiger partial charge in [0.25, 0.3) is 5.88 Å². The van der Waals surface area contributed by atoms with Gasteiger partial charge in [-0.05, 0) is 12.3 Å². The van der Waals surface area contributed by atoms with Crippen molar-refractivity contribution >= 4 is 5.82 Å². The molecule has 0 atom stereocenters. The lowest BCUT2D eigenvalue weighted by Crippen LogP contribution is -2.05. The normalized spacial score (nSPS) is 10.4. The molecular formula is C9H15N3O.